The van der Waals surface area contributed by atoms with Crippen LogP contribution in [0.15, 0.2) is 48.5 Å². The van der Waals surface area contributed by atoms with Crippen LogP contribution in [-0.4, -0.2) is 64.9 Å². The number of benzene rings is 2. The van der Waals surface area contributed by atoms with Gasteiger partial charge in [-0.25, -0.2) is 9.59 Å². The Labute approximate surface area is 198 Å². The third-order valence-corrected chi connectivity index (χ3v) is 6.57. The number of carbonyl (C=O) groups is 3. The van der Waals surface area contributed by atoms with Crippen LogP contribution in [0.25, 0.3) is 11.1 Å². The van der Waals surface area contributed by atoms with E-state index in [0.717, 1.165) is 22.3 Å². The smallest absolute Gasteiger partial charge is 0.407 e. The number of carbonyl (C=O) groups excluding carboxylic acids is 2. The van der Waals surface area contributed by atoms with Gasteiger partial charge in [-0.1, -0.05) is 62.4 Å². The van der Waals surface area contributed by atoms with Gasteiger partial charge in [0.2, 0.25) is 5.91 Å². The van der Waals surface area contributed by atoms with Gasteiger partial charge in [-0.3, -0.25) is 4.79 Å². The Morgan fingerprint density at radius 1 is 1.06 bits per heavy atom. The summed E-state index contributed by atoms with van der Waals surface area (Å²) in [6.45, 7) is 4.02. The maximum Gasteiger partial charge on any atom is 0.407 e. The lowest BCUT2D eigenvalue weighted by Gasteiger charge is -2.28. The summed E-state index contributed by atoms with van der Waals surface area (Å²) in [7, 11) is 0. The molecule has 8 heteroatoms. The topological polar surface area (TPSA) is 116 Å². The SMILES string of the molecule is CC(C)(CNC(=O)OCC1c2ccccc2-c2ccccc21)CC(=O)N1CC(O)C[C@H]1C(=O)O. The number of hydrogen-bond acceptors (Lipinski definition) is 5. The van der Waals surface area contributed by atoms with Crippen LogP contribution >= 0.6 is 0 Å². The molecule has 34 heavy (non-hydrogen) atoms. The molecule has 8 nitrogen and oxygen atoms in total. The first-order chi connectivity index (χ1) is 16.2. The molecule has 1 saturated heterocycles. The number of ether oxygens (including phenoxy) is 1. The van der Waals surface area contributed by atoms with E-state index in [0.29, 0.717) is 0 Å². The molecule has 2 amide bonds. The molecule has 2 aromatic rings. The zero-order chi connectivity index (χ0) is 24.5. The largest absolute Gasteiger partial charge is 0.480 e. The van der Waals surface area contributed by atoms with E-state index in [1.807, 2.05) is 38.1 Å². The first-order valence-electron chi connectivity index (χ1n) is 11.5. The molecule has 1 aliphatic heterocycles. The molecule has 1 fully saturated rings. The van der Waals surface area contributed by atoms with Crippen LogP contribution < -0.4 is 5.32 Å². The Morgan fingerprint density at radius 3 is 2.24 bits per heavy atom. The number of likely N-dealkylation sites (tertiary alicyclic amines) is 1. The van der Waals surface area contributed by atoms with Crippen molar-refractivity contribution in [3.8, 4) is 11.1 Å². The highest BCUT2D eigenvalue weighted by atomic mass is 16.5. The summed E-state index contributed by atoms with van der Waals surface area (Å²) < 4.78 is 5.55. The number of aliphatic hydroxyl groups is 1. The lowest BCUT2D eigenvalue weighted by molar-refractivity contribution is -0.149. The molecule has 1 aliphatic carbocycles. The van der Waals surface area contributed by atoms with Crippen molar-refractivity contribution in [1.82, 2.24) is 10.2 Å². The van der Waals surface area contributed by atoms with Crippen LogP contribution in [-0.2, 0) is 14.3 Å². The van der Waals surface area contributed by atoms with Gasteiger partial charge in [-0.15, -0.1) is 0 Å². The molecular weight excluding hydrogens is 436 g/mol. The molecular formula is C26H30N2O6. The highest BCUT2D eigenvalue weighted by molar-refractivity contribution is 5.85. The number of fused-ring (bicyclic) bond motifs is 3. The molecule has 1 heterocycles. The van der Waals surface area contributed by atoms with Crippen molar-refractivity contribution < 1.29 is 29.3 Å². The van der Waals surface area contributed by atoms with Crippen molar-refractivity contribution in [3.05, 3.63) is 59.7 Å². The number of carboxylic acid groups (broad SMARTS) is 1. The normalized spacial score (nSPS) is 19.4. The first-order valence-corrected chi connectivity index (χ1v) is 11.5. The van der Waals surface area contributed by atoms with E-state index in [1.54, 1.807) is 0 Å². The van der Waals surface area contributed by atoms with Crippen LogP contribution in [0.4, 0.5) is 4.79 Å². The van der Waals surface area contributed by atoms with E-state index in [-0.39, 0.29) is 44.4 Å². The van der Waals surface area contributed by atoms with E-state index >= 15 is 0 Å². The predicted molar refractivity (Wildman–Crippen MR) is 125 cm³/mol. The molecule has 2 aromatic carbocycles. The van der Waals surface area contributed by atoms with Crippen molar-refractivity contribution in [2.24, 2.45) is 5.41 Å². The highest BCUT2D eigenvalue weighted by Gasteiger charge is 2.40. The van der Waals surface area contributed by atoms with Crippen molar-refractivity contribution in [2.45, 2.75) is 44.8 Å². The number of rotatable bonds is 7. The molecule has 0 saturated carbocycles. The molecule has 0 bridgehead atoms. The Morgan fingerprint density at radius 2 is 1.65 bits per heavy atom. The predicted octanol–water partition coefficient (Wildman–Crippen LogP) is 2.99. The minimum atomic E-state index is -1.13. The van der Waals surface area contributed by atoms with E-state index in [2.05, 4.69) is 29.6 Å². The van der Waals surface area contributed by atoms with Crippen molar-refractivity contribution in [1.29, 1.82) is 0 Å². The molecule has 2 aliphatic rings. The molecule has 180 valence electrons. The Bertz CT molecular complexity index is 1050. The maximum absolute atomic E-state index is 12.7. The summed E-state index contributed by atoms with van der Waals surface area (Å²) in [6.07, 6.45) is -1.35. The molecule has 0 spiro atoms. The van der Waals surface area contributed by atoms with Gasteiger partial charge in [0.05, 0.1) is 6.10 Å². The molecule has 1 unspecified atom stereocenters. The number of nitrogens with zero attached hydrogens (tertiary/aromatic N) is 1. The maximum atomic E-state index is 12.7. The molecule has 3 N–H and O–H groups in total. The minimum Gasteiger partial charge on any atom is -0.480 e. The minimum absolute atomic E-state index is 0.00564. The summed E-state index contributed by atoms with van der Waals surface area (Å²) in [5, 5.41) is 21.8. The summed E-state index contributed by atoms with van der Waals surface area (Å²) >= 11 is 0. The van der Waals surface area contributed by atoms with Crippen LogP contribution in [0.1, 0.15) is 43.7 Å². The lowest BCUT2D eigenvalue weighted by Crippen LogP contribution is -2.44. The Kier molecular flexibility index (Phi) is 6.61. The molecule has 2 atom stereocenters. The second kappa shape index (κ2) is 9.46. The zero-order valence-corrected chi connectivity index (χ0v) is 19.4. The van der Waals surface area contributed by atoms with Crippen LogP contribution in [0.2, 0.25) is 0 Å². The van der Waals surface area contributed by atoms with Gasteiger partial charge in [0.1, 0.15) is 12.6 Å². The number of aliphatic carboxylic acids is 1. The first kappa shape index (κ1) is 23.8. The van der Waals surface area contributed by atoms with E-state index in [4.69, 9.17) is 4.74 Å². The van der Waals surface area contributed by atoms with Gasteiger partial charge < -0.3 is 25.2 Å². The third-order valence-electron chi connectivity index (χ3n) is 6.57. The quantitative estimate of drug-likeness (QED) is 0.578. The van der Waals surface area contributed by atoms with Gasteiger partial charge in [0.15, 0.2) is 0 Å². The second-order valence-corrected chi connectivity index (χ2v) is 9.81. The molecule has 0 aromatic heterocycles. The number of β-amino-alcohol motifs (C(OH)–C–C–N with tert-alkyl or cyclic N) is 1. The number of alkyl carbamates (subject to hydrolysis) is 1. The van der Waals surface area contributed by atoms with E-state index < -0.39 is 29.6 Å². The summed E-state index contributed by atoms with van der Waals surface area (Å²) in [5.74, 6) is -1.52. The van der Waals surface area contributed by atoms with Crippen LogP contribution in [0, 0.1) is 5.41 Å². The lowest BCUT2D eigenvalue weighted by atomic mass is 9.88. The highest BCUT2D eigenvalue weighted by Crippen LogP contribution is 2.44. The second-order valence-electron chi connectivity index (χ2n) is 9.81. The van der Waals surface area contributed by atoms with Crippen molar-refractivity contribution in [3.63, 3.8) is 0 Å². The molecule has 0 radical (unpaired) electrons. The van der Waals surface area contributed by atoms with Gasteiger partial charge in [0.25, 0.3) is 0 Å². The van der Waals surface area contributed by atoms with Crippen LogP contribution in [0.3, 0.4) is 0 Å². The monoisotopic (exact) mass is 466 g/mol. The Hall–Kier alpha value is -3.39. The fraction of sp³-hybridized carbons (Fsp3) is 0.423. The summed E-state index contributed by atoms with van der Waals surface area (Å²) in [6, 6.07) is 15.2. The van der Waals surface area contributed by atoms with Gasteiger partial charge >= 0.3 is 12.1 Å². The van der Waals surface area contributed by atoms with E-state index in [1.165, 1.54) is 4.90 Å². The number of nitrogens with one attached hydrogen (secondary N) is 1. The zero-order valence-electron chi connectivity index (χ0n) is 19.4. The fourth-order valence-electron chi connectivity index (χ4n) is 4.86. The summed E-state index contributed by atoms with van der Waals surface area (Å²) in [4.78, 5) is 37.8. The third kappa shape index (κ3) is 4.92. The van der Waals surface area contributed by atoms with Gasteiger partial charge in [-0.2, -0.15) is 0 Å². The number of aliphatic hydroxyl groups excluding tert-OH is 1. The van der Waals surface area contributed by atoms with Gasteiger partial charge in [0, 0.05) is 31.8 Å². The average Bonchev–Trinajstić information content (AvgIpc) is 3.35. The van der Waals surface area contributed by atoms with E-state index in [9.17, 15) is 24.6 Å². The fourth-order valence-corrected chi connectivity index (χ4v) is 4.86. The standard InChI is InChI=1S/C26H30N2O6/c1-26(2,12-23(30)28-13-16(29)11-22(28)24(31)32)15-27-25(33)34-14-21-19-9-5-3-7-17(19)18-8-4-6-10-20(18)21/h3-10,16,21-22,29H,11-15H2,1-2H3,(H,27,33)(H,31,32)/t16?,22-/m0/s1. The Balaban J connectivity index is 1.31. The van der Waals surface area contributed by atoms with Crippen molar-refractivity contribution in [2.75, 3.05) is 19.7 Å². The van der Waals surface area contributed by atoms with Crippen LogP contribution in [0.5, 0.6) is 0 Å². The number of carboxylic acids is 1. The van der Waals surface area contributed by atoms with Crippen molar-refractivity contribution >= 4 is 18.0 Å². The average molecular weight is 467 g/mol. The summed E-state index contributed by atoms with van der Waals surface area (Å²) in [5.41, 5.74) is 3.93. The van der Waals surface area contributed by atoms with Gasteiger partial charge in [-0.05, 0) is 27.7 Å². The number of hydrogen-bond donors (Lipinski definition) is 3. The molecule has 4 rings (SSSR count). The number of amides is 2.